The smallest absolute Gasteiger partial charge is 0.219 e. The van der Waals surface area contributed by atoms with Crippen LogP contribution in [-0.2, 0) is 14.3 Å². The molecule has 8 heteroatoms. The fourth-order valence-corrected chi connectivity index (χ4v) is 2.13. The summed E-state index contributed by atoms with van der Waals surface area (Å²) in [5.74, 6) is 0.00186. The van der Waals surface area contributed by atoms with Gasteiger partial charge in [0.1, 0.15) is 18.3 Å². The van der Waals surface area contributed by atoms with Crippen LogP contribution >= 0.6 is 0 Å². The lowest BCUT2D eigenvalue weighted by molar-refractivity contribution is -0.265. The van der Waals surface area contributed by atoms with Gasteiger partial charge in [-0.2, -0.15) is 0 Å². The molecule has 1 saturated heterocycles. The lowest BCUT2D eigenvalue weighted by atomic mass is 9.98. The summed E-state index contributed by atoms with van der Waals surface area (Å²) in [6.45, 7) is 2.36. The molecule has 1 aliphatic rings. The number of hydrogen-bond acceptors (Lipinski definition) is 7. The van der Waals surface area contributed by atoms with Crippen LogP contribution in [0.2, 0.25) is 0 Å². The van der Waals surface area contributed by atoms with E-state index in [2.05, 4.69) is 5.32 Å². The summed E-state index contributed by atoms with van der Waals surface area (Å²) < 4.78 is 10.7. The Bertz CT molecular complexity index is 315. The third-order valence-corrected chi connectivity index (χ3v) is 3.38. The van der Waals surface area contributed by atoms with Crippen molar-refractivity contribution < 1.29 is 29.6 Å². The number of ether oxygens (including phenoxy) is 2. The summed E-state index contributed by atoms with van der Waals surface area (Å²) in [6, 6.07) is -0.883. The molecule has 1 fully saturated rings. The quantitative estimate of drug-likeness (QED) is 0.330. The molecule has 0 saturated carbocycles. The van der Waals surface area contributed by atoms with Crippen molar-refractivity contribution in [2.75, 3.05) is 19.8 Å². The molecule has 8 nitrogen and oxygen atoms in total. The first kappa shape index (κ1) is 18.3. The van der Waals surface area contributed by atoms with E-state index in [-0.39, 0.29) is 5.91 Å². The molecular weight excluding hydrogens is 280 g/mol. The van der Waals surface area contributed by atoms with Crippen LogP contribution in [0, 0.1) is 0 Å². The SMILES string of the molecule is CCNC(=O)CCCCOC1OC(CO)C(O)C(O)C1N. The zero-order chi connectivity index (χ0) is 15.8. The molecular formula is C13H26N2O6. The van der Waals surface area contributed by atoms with Crippen LogP contribution in [0.4, 0.5) is 0 Å². The second-order valence-electron chi connectivity index (χ2n) is 5.07. The van der Waals surface area contributed by atoms with E-state index in [0.717, 1.165) is 0 Å². The number of carbonyl (C=O) groups is 1. The third kappa shape index (κ3) is 5.50. The Balaban J connectivity index is 2.26. The molecule has 21 heavy (non-hydrogen) atoms. The van der Waals surface area contributed by atoms with Gasteiger partial charge in [-0.3, -0.25) is 4.79 Å². The van der Waals surface area contributed by atoms with Crippen molar-refractivity contribution in [2.24, 2.45) is 5.73 Å². The summed E-state index contributed by atoms with van der Waals surface area (Å²) in [5.41, 5.74) is 5.73. The minimum Gasteiger partial charge on any atom is -0.394 e. The second kappa shape index (κ2) is 9.29. The van der Waals surface area contributed by atoms with Gasteiger partial charge in [-0.25, -0.2) is 0 Å². The maximum absolute atomic E-state index is 11.2. The average molecular weight is 306 g/mol. The Labute approximate surface area is 124 Å². The van der Waals surface area contributed by atoms with Gasteiger partial charge < -0.3 is 35.8 Å². The van der Waals surface area contributed by atoms with Crippen molar-refractivity contribution in [3.8, 4) is 0 Å². The fourth-order valence-electron chi connectivity index (χ4n) is 2.13. The molecule has 1 amide bonds. The lowest BCUT2D eigenvalue weighted by Gasteiger charge is -2.40. The number of unbranched alkanes of at least 4 members (excludes halogenated alkanes) is 1. The maximum Gasteiger partial charge on any atom is 0.219 e. The van der Waals surface area contributed by atoms with Gasteiger partial charge in [0.15, 0.2) is 6.29 Å². The molecule has 0 radical (unpaired) electrons. The van der Waals surface area contributed by atoms with Crippen LogP contribution in [0.1, 0.15) is 26.2 Å². The van der Waals surface area contributed by atoms with Gasteiger partial charge in [-0.05, 0) is 19.8 Å². The monoisotopic (exact) mass is 306 g/mol. The summed E-state index contributed by atoms with van der Waals surface area (Å²) in [7, 11) is 0. The topological polar surface area (TPSA) is 134 Å². The molecule has 0 aliphatic carbocycles. The van der Waals surface area contributed by atoms with Crippen molar-refractivity contribution in [1.29, 1.82) is 0 Å². The second-order valence-corrected chi connectivity index (χ2v) is 5.07. The Kier molecular flexibility index (Phi) is 8.09. The molecule has 0 aromatic rings. The van der Waals surface area contributed by atoms with Crippen LogP contribution in [0.5, 0.6) is 0 Å². The third-order valence-electron chi connectivity index (χ3n) is 3.38. The van der Waals surface area contributed by atoms with E-state index >= 15 is 0 Å². The molecule has 1 heterocycles. The van der Waals surface area contributed by atoms with E-state index in [1.165, 1.54) is 0 Å². The molecule has 6 N–H and O–H groups in total. The summed E-state index contributed by atoms with van der Waals surface area (Å²) in [6.07, 6.45) is -2.51. The highest BCUT2D eigenvalue weighted by Crippen LogP contribution is 2.20. The highest BCUT2D eigenvalue weighted by Gasteiger charge is 2.42. The van der Waals surface area contributed by atoms with E-state index in [1.807, 2.05) is 6.92 Å². The molecule has 0 aromatic heterocycles. The van der Waals surface area contributed by atoms with Gasteiger partial charge in [0.25, 0.3) is 0 Å². The number of aliphatic hydroxyl groups excluding tert-OH is 3. The Morgan fingerprint density at radius 1 is 1.33 bits per heavy atom. The molecule has 0 bridgehead atoms. The van der Waals surface area contributed by atoms with Crippen LogP contribution in [0.15, 0.2) is 0 Å². The maximum atomic E-state index is 11.2. The number of nitrogens with two attached hydrogens (primary N) is 1. The number of amides is 1. The molecule has 5 atom stereocenters. The zero-order valence-electron chi connectivity index (χ0n) is 12.3. The number of carbonyl (C=O) groups excluding carboxylic acids is 1. The molecule has 1 rings (SSSR count). The first-order chi connectivity index (χ1) is 10.0. The highest BCUT2D eigenvalue weighted by atomic mass is 16.7. The molecule has 0 aromatic carbocycles. The largest absolute Gasteiger partial charge is 0.394 e. The number of hydrogen-bond donors (Lipinski definition) is 5. The Morgan fingerprint density at radius 2 is 2.05 bits per heavy atom. The van der Waals surface area contributed by atoms with Gasteiger partial charge in [0, 0.05) is 19.6 Å². The number of aliphatic hydroxyl groups is 3. The van der Waals surface area contributed by atoms with Crippen LogP contribution in [-0.4, -0.2) is 71.6 Å². The number of rotatable bonds is 8. The molecule has 0 spiro atoms. The minimum absolute atomic E-state index is 0.00186. The van der Waals surface area contributed by atoms with E-state index in [0.29, 0.717) is 32.4 Å². The molecule has 1 aliphatic heterocycles. The minimum atomic E-state index is -1.23. The average Bonchev–Trinajstić information content (AvgIpc) is 2.47. The van der Waals surface area contributed by atoms with Crippen LogP contribution in [0.25, 0.3) is 0 Å². The summed E-state index contributed by atoms with van der Waals surface area (Å²) in [4.78, 5) is 11.2. The first-order valence-corrected chi connectivity index (χ1v) is 7.27. The zero-order valence-corrected chi connectivity index (χ0v) is 12.3. The highest BCUT2D eigenvalue weighted by molar-refractivity contribution is 5.75. The lowest BCUT2D eigenvalue weighted by Crippen LogP contribution is -2.62. The van der Waals surface area contributed by atoms with Crippen molar-refractivity contribution in [1.82, 2.24) is 5.32 Å². The summed E-state index contributed by atoms with van der Waals surface area (Å²) >= 11 is 0. The Morgan fingerprint density at radius 3 is 2.67 bits per heavy atom. The van der Waals surface area contributed by atoms with E-state index in [9.17, 15) is 15.0 Å². The number of nitrogens with one attached hydrogen (secondary N) is 1. The van der Waals surface area contributed by atoms with Crippen molar-refractivity contribution >= 4 is 5.91 Å². The van der Waals surface area contributed by atoms with E-state index in [1.54, 1.807) is 0 Å². The van der Waals surface area contributed by atoms with Gasteiger partial charge in [-0.1, -0.05) is 0 Å². The van der Waals surface area contributed by atoms with E-state index in [4.69, 9.17) is 20.3 Å². The van der Waals surface area contributed by atoms with Gasteiger partial charge >= 0.3 is 0 Å². The summed E-state index contributed by atoms with van der Waals surface area (Å²) in [5, 5.41) is 31.2. The molecule has 124 valence electrons. The normalized spacial score (nSPS) is 32.9. The van der Waals surface area contributed by atoms with Crippen molar-refractivity contribution in [3.63, 3.8) is 0 Å². The molecule has 5 unspecified atom stereocenters. The van der Waals surface area contributed by atoms with E-state index < -0.39 is 37.3 Å². The predicted molar refractivity (Wildman–Crippen MR) is 74.2 cm³/mol. The van der Waals surface area contributed by atoms with Gasteiger partial charge in [-0.15, -0.1) is 0 Å². The van der Waals surface area contributed by atoms with Crippen molar-refractivity contribution in [2.45, 2.75) is 56.8 Å². The standard InChI is InChI=1S/C13H26N2O6/c1-2-15-9(17)5-3-4-6-20-13-10(14)12(19)11(18)8(7-16)21-13/h8,10-13,16,18-19H,2-7,14H2,1H3,(H,15,17). The van der Waals surface area contributed by atoms with Gasteiger partial charge in [0.05, 0.1) is 12.6 Å². The van der Waals surface area contributed by atoms with Gasteiger partial charge in [0.2, 0.25) is 5.91 Å². The van der Waals surface area contributed by atoms with Crippen LogP contribution in [0.3, 0.4) is 0 Å². The Hall–Kier alpha value is -0.770. The predicted octanol–water partition coefficient (Wildman–Crippen LogP) is -1.92. The fraction of sp³-hybridized carbons (Fsp3) is 0.923. The first-order valence-electron chi connectivity index (χ1n) is 7.27. The van der Waals surface area contributed by atoms with Crippen molar-refractivity contribution in [3.05, 3.63) is 0 Å². The van der Waals surface area contributed by atoms with Crippen LogP contribution < -0.4 is 11.1 Å².